The number of amides is 2. The van der Waals surface area contributed by atoms with Crippen LogP contribution in [-0.4, -0.2) is 31.3 Å². The molecule has 0 aliphatic rings. The zero-order chi connectivity index (χ0) is 17.5. The molecule has 0 heterocycles. The average molecular weight is 351 g/mol. The van der Waals surface area contributed by atoms with E-state index in [0.717, 1.165) is 12.1 Å². The Labute approximate surface area is 135 Å². The molecule has 0 saturated heterocycles. The summed E-state index contributed by atoms with van der Waals surface area (Å²) >= 11 is 5.63. The number of alkyl halides is 3. The van der Waals surface area contributed by atoms with Crippen LogP contribution < -0.4 is 11.1 Å². The molecular formula is C14H14ClF3N2O3. The van der Waals surface area contributed by atoms with Crippen molar-refractivity contribution >= 4 is 29.2 Å². The fourth-order valence-electron chi connectivity index (χ4n) is 1.57. The number of ether oxygens (including phenoxy) is 1. The van der Waals surface area contributed by atoms with Gasteiger partial charge in [-0.1, -0.05) is 23.7 Å². The van der Waals surface area contributed by atoms with E-state index in [0.29, 0.717) is 6.08 Å². The first kappa shape index (κ1) is 18.8. The summed E-state index contributed by atoms with van der Waals surface area (Å²) in [6, 6.07) is 4.16. The Morgan fingerprint density at radius 1 is 1.26 bits per heavy atom. The summed E-state index contributed by atoms with van der Waals surface area (Å²) in [7, 11) is 0. The van der Waals surface area contributed by atoms with E-state index in [1.54, 1.807) is 0 Å². The quantitative estimate of drug-likeness (QED) is 0.470. The van der Waals surface area contributed by atoms with Crippen LogP contribution in [0.3, 0.4) is 0 Å². The lowest BCUT2D eigenvalue weighted by Crippen LogP contribution is -2.30. The number of nitrogens with two attached hydrogens (primary N) is 1. The largest absolute Gasteiger partial charge is 0.462 e. The maximum atomic E-state index is 13.0. The van der Waals surface area contributed by atoms with Crippen LogP contribution in [0.25, 0.3) is 5.57 Å². The van der Waals surface area contributed by atoms with Crippen molar-refractivity contribution in [3.63, 3.8) is 0 Å². The molecule has 1 aromatic carbocycles. The van der Waals surface area contributed by atoms with Gasteiger partial charge in [-0.3, -0.25) is 0 Å². The summed E-state index contributed by atoms with van der Waals surface area (Å²) in [6.07, 6.45) is -4.12. The SMILES string of the molecule is NC(=O)NCCCOC(=O)C=C(c1ccc(Cl)cc1)C(F)(F)F. The van der Waals surface area contributed by atoms with Crippen molar-refractivity contribution in [3.8, 4) is 0 Å². The number of nitrogens with one attached hydrogen (secondary N) is 1. The second-order valence-electron chi connectivity index (χ2n) is 4.37. The van der Waals surface area contributed by atoms with Crippen LogP contribution in [0.15, 0.2) is 30.3 Å². The van der Waals surface area contributed by atoms with Gasteiger partial charge in [-0.05, 0) is 24.1 Å². The second kappa shape index (κ2) is 8.42. The number of primary amides is 1. The Kier molecular flexibility index (Phi) is 6.89. The number of allylic oxidation sites excluding steroid dienone is 1. The van der Waals surface area contributed by atoms with Gasteiger partial charge in [-0.15, -0.1) is 0 Å². The summed E-state index contributed by atoms with van der Waals surface area (Å²) in [6.45, 7) is -0.00297. The third-order valence-corrected chi connectivity index (χ3v) is 2.84. The lowest BCUT2D eigenvalue weighted by atomic mass is 10.1. The van der Waals surface area contributed by atoms with Gasteiger partial charge in [0.2, 0.25) is 0 Å². The molecule has 0 aliphatic carbocycles. The van der Waals surface area contributed by atoms with E-state index in [-0.39, 0.29) is 30.2 Å². The number of hydrogen-bond donors (Lipinski definition) is 2. The van der Waals surface area contributed by atoms with Crippen LogP contribution in [0.5, 0.6) is 0 Å². The van der Waals surface area contributed by atoms with Crippen LogP contribution in [0.4, 0.5) is 18.0 Å². The molecule has 9 heteroatoms. The molecule has 0 aliphatic heterocycles. The predicted molar refractivity (Wildman–Crippen MR) is 78.6 cm³/mol. The van der Waals surface area contributed by atoms with Crippen molar-refractivity contribution in [2.75, 3.05) is 13.2 Å². The van der Waals surface area contributed by atoms with E-state index in [4.69, 9.17) is 17.3 Å². The summed E-state index contributed by atoms with van der Waals surface area (Å²) in [5, 5.41) is 2.53. The number of esters is 1. The molecule has 0 aromatic heterocycles. The lowest BCUT2D eigenvalue weighted by Gasteiger charge is -2.12. The molecule has 0 atom stereocenters. The maximum absolute atomic E-state index is 13.0. The molecule has 0 bridgehead atoms. The number of carbonyl (C=O) groups excluding carboxylic acids is 2. The highest BCUT2D eigenvalue weighted by Gasteiger charge is 2.35. The molecule has 0 unspecified atom stereocenters. The first-order chi connectivity index (χ1) is 10.7. The van der Waals surface area contributed by atoms with Gasteiger partial charge in [0.25, 0.3) is 0 Å². The lowest BCUT2D eigenvalue weighted by molar-refractivity contribution is -0.138. The molecule has 126 valence electrons. The van der Waals surface area contributed by atoms with Gasteiger partial charge in [0.05, 0.1) is 12.2 Å². The molecule has 0 radical (unpaired) electrons. The van der Waals surface area contributed by atoms with Gasteiger partial charge in [0, 0.05) is 17.6 Å². The minimum atomic E-state index is -4.72. The standard InChI is InChI=1S/C14H14ClF3N2O3/c15-10-4-2-9(3-5-10)11(14(16,17)18)8-12(21)23-7-1-6-20-13(19)22/h2-5,8H,1,6-7H2,(H3,19,20,22). The highest BCUT2D eigenvalue weighted by molar-refractivity contribution is 6.30. The topological polar surface area (TPSA) is 81.4 Å². The molecule has 23 heavy (non-hydrogen) atoms. The zero-order valence-corrected chi connectivity index (χ0v) is 12.6. The molecule has 0 spiro atoms. The van der Waals surface area contributed by atoms with Crippen LogP contribution in [-0.2, 0) is 9.53 Å². The third-order valence-electron chi connectivity index (χ3n) is 2.59. The van der Waals surface area contributed by atoms with Crippen LogP contribution in [0.2, 0.25) is 5.02 Å². The van der Waals surface area contributed by atoms with Gasteiger partial charge < -0.3 is 15.8 Å². The van der Waals surface area contributed by atoms with Crippen LogP contribution in [0, 0.1) is 0 Å². The molecule has 0 fully saturated rings. The summed E-state index contributed by atoms with van der Waals surface area (Å²) < 4.78 is 43.7. The molecule has 1 rings (SSSR count). The monoisotopic (exact) mass is 350 g/mol. The summed E-state index contributed by atoms with van der Waals surface area (Å²) in [4.78, 5) is 21.9. The van der Waals surface area contributed by atoms with E-state index < -0.39 is 23.7 Å². The van der Waals surface area contributed by atoms with Crippen LogP contribution in [0.1, 0.15) is 12.0 Å². The van der Waals surface area contributed by atoms with Gasteiger partial charge >= 0.3 is 18.2 Å². The van der Waals surface area contributed by atoms with Crippen molar-refractivity contribution < 1.29 is 27.5 Å². The number of carbonyl (C=O) groups is 2. The minimum absolute atomic E-state index is 0.148. The fraction of sp³-hybridized carbons (Fsp3) is 0.286. The van der Waals surface area contributed by atoms with Crippen molar-refractivity contribution in [1.82, 2.24) is 5.32 Å². The molecule has 5 nitrogen and oxygen atoms in total. The Morgan fingerprint density at radius 3 is 2.39 bits per heavy atom. The third kappa shape index (κ3) is 7.05. The minimum Gasteiger partial charge on any atom is -0.462 e. The van der Waals surface area contributed by atoms with E-state index in [1.807, 2.05) is 0 Å². The molecule has 2 amide bonds. The highest BCUT2D eigenvalue weighted by atomic mass is 35.5. The first-order valence-electron chi connectivity index (χ1n) is 6.45. The average Bonchev–Trinajstić information content (AvgIpc) is 2.44. The Balaban J connectivity index is 2.71. The van der Waals surface area contributed by atoms with E-state index in [2.05, 4.69) is 10.1 Å². The van der Waals surface area contributed by atoms with Crippen LogP contribution >= 0.6 is 11.6 Å². The van der Waals surface area contributed by atoms with Gasteiger partial charge in [0.15, 0.2) is 0 Å². The van der Waals surface area contributed by atoms with Crippen molar-refractivity contribution in [3.05, 3.63) is 40.9 Å². The summed E-state index contributed by atoms with van der Waals surface area (Å²) in [5.74, 6) is -1.13. The van der Waals surface area contributed by atoms with E-state index >= 15 is 0 Å². The number of urea groups is 1. The molecule has 3 N–H and O–H groups in total. The predicted octanol–water partition coefficient (Wildman–Crippen LogP) is 2.89. The fourth-order valence-corrected chi connectivity index (χ4v) is 1.70. The first-order valence-corrected chi connectivity index (χ1v) is 6.83. The highest BCUT2D eigenvalue weighted by Crippen LogP contribution is 2.34. The van der Waals surface area contributed by atoms with Gasteiger partial charge in [-0.2, -0.15) is 13.2 Å². The number of rotatable bonds is 6. The zero-order valence-electron chi connectivity index (χ0n) is 11.8. The second-order valence-corrected chi connectivity index (χ2v) is 4.81. The number of benzene rings is 1. The van der Waals surface area contributed by atoms with E-state index in [9.17, 15) is 22.8 Å². The number of halogens is 4. The Hall–Kier alpha value is -2.22. The molecule has 0 saturated carbocycles. The normalized spacial score (nSPS) is 11.9. The van der Waals surface area contributed by atoms with Gasteiger partial charge in [0.1, 0.15) is 0 Å². The van der Waals surface area contributed by atoms with Crippen molar-refractivity contribution in [2.45, 2.75) is 12.6 Å². The van der Waals surface area contributed by atoms with Gasteiger partial charge in [-0.25, -0.2) is 9.59 Å². The maximum Gasteiger partial charge on any atom is 0.417 e. The smallest absolute Gasteiger partial charge is 0.417 e. The molecule has 1 aromatic rings. The van der Waals surface area contributed by atoms with E-state index in [1.165, 1.54) is 12.1 Å². The van der Waals surface area contributed by atoms with Crippen molar-refractivity contribution in [1.29, 1.82) is 0 Å². The Morgan fingerprint density at radius 2 is 1.87 bits per heavy atom. The molecular weight excluding hydrogens is 337 g/mol. The Bertz CT molecular complexity index is 586. The number of hydrogen-bond acceptors (Lipinski definition) is 3. The summed E-state index contributed by atoms with van der Waals surface area (Å²) in [5.41, 5.74) is 3.49. The van der Waals surface area contributed by atoms with Crippen molar-refractivity contribution in [2.24, 2.45) is 5.73 Å².